The van der Waals surface area contributed by atoms with E-state index in [1.54, 1.807) is 47.5 Å². The van der Waals surface area contributed by atoms with Crippen LogP contribution in [0.2, 0.25) is 5.02 Å². The Bertz CT molecular complexity index is 1150. The van der Waals surface area contributed by atoms with Gasteiger partial charge in [0.1, 0.15) is 23.1 Å². The lowest BCUT2D eigenvalue weighted by atomic mass is 10.1. The van der Waals surface area contributed by atoms with Gasteiger partial charge in [-0.25, -0.2) is 4.98 Å². The van der Waals surface area contributed by atoms with E-state index in [1.165, 1.54) is 0 Å². The van der Waals surface area contributed by atoms with Gasteiger partial charge in [0.2, 0.25) is 11.8 Å². The molecule has 4 rings (SSSR count). The van der Waals surface area contributed by atoms with Crippen LogP contribution >= 0.6 is 11.6 Å². The third kappa shape index (κ3) is 6.96. The predicted molar refractivity (Wildman–Crippen MR) is 138 cm³/mol. The molecular weight excluding hydrogens is 480 g/mol. The van der Waals surface area contributed by atoms with Crippen molar-refractivity contribution in [1.29, 1.82) is 0 Å². The fraction of sp³-hybridized carbons (Fsp3) is 0.296. The van der Waals surface area contributed by atoms with Crippen LogP contribution in [0.25, 0.3) is 0 Å². The van der Waals surface area contributed by atoms with Crippen LogP contribution in [0.3, 0.4) is 0 Å². The van der Waals surface area contributed by atoms with Crippen molar-refractivity contribution < 1.29 is 19.1 Å². The minimum atomic E-state index is -0.756. The van der Waals surface area contributed by atoms with Gasteiger partial charge in [-0.1, -0.05) is 29.8 Å². The van der Waals surface area contributed by atoms with E-state index < -0.39 is 11.9 Å². The van der Waals surface area contributed by atoms with Gasteiger partial charge in [-0.15, -0.1) is 0 Å². The number of hydrogen-bond donors (Lipinski definition) is 1. The number of pyridine rings is 1. The van der Waals surface area contributed by atoms with Crippen molar-refractivity contribution in [2.45, 2.75) is 12.5 Å². The highest BCUT2D eigenvalue weighted by Gasteiger charge is 2.29. The Morgan fingerprint density at radius 3 is 2.42 bits per heavy atom. The molecule has 0 radical (unpaired) electrons. The molecule has 188 valence electrons. The lowest BCUT2D eigenvalue weighted by molar-refractivity contribution is -0.135. The van der Waals surface area contributed by atoms with Crippen molar-refractivity contribution in [3.05, 3.63) is 83.5 Å². The van der Waals surface area contributed by atoms with Crippen LogP contribution in [0.15, 0.2) is 72.9 Å². The SMILES string of the molecule is CN1CCN(C(=O)[C@@H](CCOc2ccccc2)NC(=O)c2cccnc2Oc2ccc(Cl)cc2)CC1. The molecule has 8 nitrogen and oxygen atoms in total. The Labute approximate surface area is 215 Å². The number of nitrogens with zero attached hydrogens (tertiary/aromatic N) is 3. The molecule has 1 saturated heterocycles. The maximum atomic E-state index is 13.4. The summed E-state index contributed by atoms with van der Waals surface area (Å²) in [4.78, 5) is 34.9. The molecule has 0 unspecified atom stereocenters. The number of halogens is 1. The number of carbonyl (C=O) groups is 2. The number of aromatic nitrogens is 1. The van der Waals surface area contributed by atoms with Crippen LogP contribution in [-0.4, -0.2) is 72.5 Å². The highest BCUT2D eigenvalue weighted by Crippen LogP contribution is 2.24. The lowest BCUT2D eigenvalue weighted by Gasteiger charge is -2.34. The predicted octanol–water partition coefficient (Wildman–Crippen LogP) is 3.87. The van der Waals surface area contributed by atoms with Crippen LogP contribution in [0.4, 0.5) is 0 Å². The molecule has 9 heteroatoms. The Hall–Kier alpha value is -3.62. The second-order valence-corrected chi connectivity index (χ2v) is 8.95. The van der Waals surface area contributed by atoms with E-state index in [9.17, 15) is 9.59 Å². The van der Waals surface area contributed by atoms with Crippen LogP contribution < -0.4 is 14.8 Å². The zero-order valence-electron chi connectivity index (χ0n) is 20.1. The molecule has 1 aliphatic rings. The summed E-state index contributed by atoms with van der Waals surface area (Å²) in [5, 5.41) is 3.47. The zero-order valence-corrected chi connectivity index (χ0v) is 20.9. The van der Waals surface area contributed by atoms with Gasteiger partial charge in [0.25, 0.3) is 5.91 Å². The number of nitrogens with one attached hydrogen (secondary N) is 1. The first-order chi connectivity index (χ1) is 17.5. The lowest BCUT2D eigenvalue weighted by Crippen LogP contribution is -2.54. The normalized spacial score (nSPS) is 14.7. The number of para-hydroxylation sites is 1. The van der Waals surface area contributed by atoms with E-state index in [2.05, 4.69) is 15.2 Å². The highest BCUT2D eigenvalue weighted by molar-refractivity contribution is 6.30. The number of benzene rings is 2. The number of piperazine rings is 1. The summed E-state index contributed by atoms with van der Waals surface area (Å²) in [6.07, 6.45) is 1.86. The first-order valence-electron chi connectivity index (χ1n) is 11.8. The summed E-state index contributed by atoms with van der Waals surface area (Å²) < 4.78 is 11.7. The van der Waals surface area contributed by atoms with Gasteiger partial charge < -0.3 is 24.6 Å². The number of likely N-dealkylation sites (N-methyl/N-ethyl adjacent to an activating group) is 1. The van der Waals surface area contributed by atoms with Gasteiger partial charge in [-0.3, -0.25) is 9.59 Å². The second-order valence-electron chi connectivity index (χ2n) is 8.52. The number of rotatable bonds is 9. The highest BCUT2D eigenvalue weighted by atomic mass is 35.5. The van der Waals surface area contributed by atoms with E-state index >= 15 is 0 Å². The Morgan fingerprint density at radius 2 is 1.69 bits per heavy atom. The van der Waals surface area contributed by atoms with E-state index in [-0.39, 0.29) is 24.0 Å². The third-order valence-corrected chi connectivity index (χ3v) is 6.13. The molecule has 1 aromatic heterocycles. The molecule has 0 saturated carbocycles. The molecule has 1 aliphatic heterocycles. The largest absolute Gasteiger partial charge is 0.494 e. The Morgan fingerprint density at radius 1 is 0.972 bits per heavy atom. The fourth-order valence-corrected chi connectivity index (χ4v) is 3.94. The average molecular weight is 509 g/mol. The fourth-order valence-electron chi connectivity index (χ4n) is 3.81. The monoisotopic (exact) mass is 508 g/mol. The van der Waals surface area contributed by atoms with Crippen LogP contribution in [0.5, 0.6) is 17.4 Å². The number of amides is 2. The smallest absolute Gasteiger partial charge is 0.257 e. The van der Waals surface area contributed by atoms with E-state index in [1.807, 2.05) is 37.4 Å². The van der Waals surface area contributed by atoms with Crippen molar-refractivity contribution >= 4 is 23.4 Å². The van der Waals surface area contributed by atoms with Gasteiger partial charge in [-0.05, 0) is 55.6 Å². The topological polar surface area (TPSA) is 84.0 Å². The number of carbonyl (C=O) groups excluding carboxylic acids is 2. The average Bonchev–Trinajstić information content (AvgIpc) is 2.90. The molecule has 2 amide bonds. The molecule has 0 bridgehead atoms. The summed E-state index contributed by atoms with van der Waals surface area (Å²) in [7, 11) is 2.03. The summed E-state index contributed by atoms with van der Waals surface area (Å²) >= 11 is 5.95. The molecular formula is C27H29ClN4O4. The van der Waals surface area contributed by atoms with Crippen molar-refractivity contribution in [2.24, 2.45) is 0 Å². The minimum Gasteiger partial charge on any atom is -0.494 e. The van der Waals surface area contributed by atoms with Gasteiger partial charge >= 0.3 is 0 Å². The summed E-state index contributed by atoms with van der Waals surface area (Å²) in [5.74, 6) is 0.772. The molecule has 1 fully saturated rings. The summed E-state index contributed by atoms with van der Waals surface area (Å²) in [6, 6.07) is 18.7. The van der Waals surface area contributed by atoms with Gasteiger partial charge in [0.05, 0.1) is 6.61 Å². The Kier molecular flexibility index (Phi) is 8.76. The first kappa shape index (κ1) is 25.5. The van der Waals surface area contributed by atoms with E-state index in [0.29, 0.717) is 36.0 Å². The number of hydrogen-bond acceptors (Lipinski definition) is 6. The number of ether oxygens (including phenoxy) is 2. The maximum absolute atomic E-state index is 13.4. The molecule has 0 spiro atoms. The van der Waals surface area contributed by atoms with Crippen molar-refractivity contribution in [2.75, 3.05) is 39.8 Å². The standard InChI is InChI=1S/C27H29ClN4O4/c1-31-15-17-32(18-16-31)27(34)24(13-19-35-21-6-3-2-4-7-21)30-25(33)23-8-5-14-29-26(23)36-22-11-9-20(28)10-12-22/h2-12,14,24H,13,15-19H2,1H3,(H,30,33)/t24-/m1/s1. The molecule has 1 atom stereocenters. The molecule has 0 aliphatic carbocycles. The van der Waals surface area contributed by atoms with Crippen molar-refractivity contribution in [3.63, 3.8) is 0 Å². The first-order valence-corrected chi connectivity index (χ1v) is 12.2. The van der Waals surface area contributed by atoms with Gasteiger partial charge in [-0.2, -0.15) is 0 Å². The molecule has 36 heavy (non-hydrogen) atoms. The minimum absolute atomic E-state index is 0.128. The third-order valence-electron chi connectivity index (χ3n) is 5.88. The van der Waals surface area contributed by atoms with Crippen LogP contribution in [0, 0.1) is 0 Å². The molecule has 1 N–H and O–H groups in total. The van der Waals surface area contributed by atoms with Crippen molar-refractivity contribution in [3.8, 4) is 17.4 Å². The van der Waals surface area contributed by atoms with Crippen molar-refractivity contribution in [1.82, 2.24) is 20.1 Å². The Balaban J connectivity index is 1.48. The van der Waals surface area contributed by atoms with Crippen LogP contribution in [0.1, 0.15) is 16.8 Å². The van der Waals surface area contributed by atoms with Gasteiger partial charge in [0.15, 0.2) is 0 Å². The quantitative estimate of drug-likeness (QED) is 0.472. The zero-order chi connectivity index (χ0) is 25.3. The summed E-state index contributed by atoms with van der Waals surface area (Å²) in [5.41, 5.74) is 0.229. The molecule has 3 aromatic rings. The molecule has 2 aromatic carbocycles. The maximum Gasteiger partial charge on any atom is 0.257 e. The van der Waals surface area contributed by atoms with E-state index in [0.717, 1.165) is 13.1 Å². The molecule has 2 heterocycles. The summed E-state index contributed by atoms with van der Waals surface area (Å²) in [6.45, 7) is 3.07. The van der Waals surface area contributed by atoms with E-state index in [4.69, 9.17) is 21.1 Å². The van der Waals surface area contributed by atoms with Gasteiger partial charge in [0, 0.05) is 43.8 Å². The second kappa shape index (κ2) is 12.4. The van der Waals surface area contributed by atoms with Crippen LogP contribution in [-0.2, 0) is 4.79 Å².